The third kappa shape index (κ3) is 7.79. The van der Waals surface area contributed by atoms with Crippen LogP contribution in [-0.4, -0.2) is 25.5 Å². The Morgan fingerprint density at radius 3 is 1.62 bits per heavy atom. The van der Waals surface area contributed by atoms with Crippen LogP contribution in [0.3, 0.4) is 0 Å². The zero-order valence-corrected chi connectivity index (χ0v) is 16.4. The van der Waals surface area contributed by atoms with Gasteiger partial charge in [0.25, 0.3) is 10.1 Å². The van der Waals surface area contributed by atoms with Crippen molar-refractivity contribution in [1.82, 2.24) is 0 Å². The van der Waals surface area contributed by atoms with E-state index in [-0.39, 0.29) is 11.1 Å². The highest BCUT2D eigenvalue weighted by molar-refractivity contribution is 7.85. The van der Waals surface area contributed by atoms with Crippen molar-refractivity contribution in [3.8, 4) is 0 Å². The Morgan fingerprint density at radius 2 is 1.23 bits per heavy atom. The van der Waals surface area contributed by atoms with Gasteiger partial charge in [-0.15, -0.1) is 0 Å². The van der Waals surface area contributed by atoms with Crippen LogP contribution in [0.15, 0.2) is 17.0 Å². The van der Waals surface area contributed by atoms with Crippen LogP contribution in [0.2, 0.25) is 0 Å². The number of benzene rings is 1. The van der Waals surface area contributed by atoms with Gasteiger partial charge in [0, 0.05) is 11.1 Å². The van der Waals surface area contributed by atoms with Gasteiger partial charge in [-0.1, -0.05) is 64.7 Å². The van der Waals surface area contributed by atoms with Gasteiger partial charge in [0.1, 0.15) is 12.6 Å². The van der Waals surface area contributed by atoms with Gasteiger partial charge in [-0.3, -0.25) is 14.1 Å². The van der Waals surface area contributed by atoms with Crippen LogP contribution in [0.25, 0.3) is 0 Å². The van der Waals surface area contributed by atoms with E-state index < -0.39 is 15.0 Å². The standard InChI is InChI=1S/C20H30O5S/c1-2-3-4-5-6-7-8-9-10-11-12-20-17(15-21)13-19(26(23,24)25)14-18(20)16-22/h13-16H,2-12H2,1H3,(H,23,24,25). The van der Waals surface area contributed by atoms with Crippen LogP contribution in [0, 0.1) is 0 Å². The van der Waals surface area contributed by atoms with E-state index in [9.17, 15) is 18.0 Å². The zero-order chi connectivity index (χ0) is 19.4. The number of unbranched alkanes of at least 4 members (excludes halogenated alkanes) is 9. The van der Waals surface area contributed by atoms with Crippen molar-refractivity contribution in [1.29, 1.82) is 0 Å². The van der Waals surface area contributed by atoms with Crippen molar-refractivity contribution in [2.75, 3.05) is 0 Å². The molecule has 0 saturated heterocycles. The Morgan fingerprint density at radius 1 is 0.808 bits per heavy atom. The van der Waals surface area contributed by atoms with Crippen LogP contribution in [0.5, 0.6) is 0 Å². The molecule has 146 valence electrons. The molecule has 5 nitrogen and oxygen atoms in total. The van der Waals surface area contributed by atoms with Gasteiger partial charge in [-0.2, -0.15) is 8.42 Å². The van der Waals surface area contributed by atoms with Gasteiger partial charge in [-0.05, 0) is 30.5 Å². The van der Waals surface area contributed by atoms with E-state index in [1.165, 1.54) is 44.9 Å². The number of hydrogen-bond acceptors (Lipinski definition) is 4. The minimum Gasteiger partial charge on any atom is -0.298 e. The lowest BCUT2D eigenvalue weighted by Gasteiger charge is -2.10. The van der Waals surface area contributed by atoms with E-state index in [1.54, 1.807) is 0 Å². The first-order valence-corrected chi connectivity index (χ1v) is 10.9. The van der Waals surface area contributed by atoms with Gasteiger partial charge in [0.2, 0.25) is 0 Å². The molecule has 1 aromatic carbocycles. The fourth-order valence-electron chi connectivity index (χ4n) is 3.13. The molecule has 0 heterocycles. The summed E-state index contributed by atoms with van der Waals surface area (Å²) in [5.41, 5.74) is 0.860. The minimum absolute atomic E-state index is 0.151. The van der Waals surface area contributed by atoms with Crippen LogP contribution in [0.4, 0.5) is 0 Å². The third-order valence-electron chi connectivity index (χ3n) is 4.62. The molecule has 1 aromatic rings. The highest BCUT2D eigenvalue weighted by atomic mass is 32.2. The monoisotopic (exact) mass is 382 g/mol. The summed E-state index contributed by atoms with van der Waals surface area (Å²) >= 11 is 0. The molecule has 0 aliphatic rings. The van der Waals surface area contributed by atoms with E-state index in [1.807, 2.05) is 0 Å². The first kappa shape index (κ1) is 22.5. The van der Waals surface area contributed by atoms with Gasteiger partial charge in [0.15, 0.2) is 0 Å². The second-order valence-electron chi connectivity index (χ2n) is 6.72. The average Bonchev–Trinajstić information content (AvgIpc) is 2.61. The predicted octanol–water partition coefficient (Wildman–Crippen LogP) is 5.02. The highest BCUT2D eigenvalue weighted by Gasteiger charge is 2.16. The second-order valence-corrected chi connectivity index (χ2v) is 8.14. The summed E-state index contributed by atoms with van der Waals surface area (Å²) in [5, 5.41) is 0. The molecule has 6 heteroatoms. The fourth-order valence-corrected chi connectivity index (χ4v) is 3.68. The lowest BCUT2D eigenvalue weighted by Crippen LogP contribution is -2.06. The highest BCUT2D eigenvalue weighted by Crippen LogP contribution is 2.21. The zero-order valence-electron chi connectivity index (χ0n) is 15.6. The average molecular weight is 383 g/mol. The van der Waals surface area contributed by atoms with Crippen molar-refractivity contribution < 1.29 is 22.6 Å². The van der Waals surface area contributed by atoms with Gasteiger partial charge in [-0.25, -0.2) is 0 Å². The predicted molar refractivity (Wildman–Crippen MR) is 103 cm³/mol. The SMILES string of the molecule is CCCCCCCCCCCCc1c(C=O)cc(S(=O)(=O)O)cc1C=O. The van der Waals surface area contributed by atoms with Crippen molar-refractivity contribution in [2.45, 2.75) is 82.4 Å². The summed E-state index contributed by atoms with van der Waals surface area (Å²) < 4.78 is 31.6. The smallest absolute Gasteiger partial charge is 0.294 e. The summed E-state index contributed by atoms with van der Waals surface area (Å²) in [7, 11) is -4.45. The Hall–Kier alpha value is -1.53. The van der Waals surface area contributed by atoms with Crippen LogP contribution in [0.1, 0.15) is 97.4 Å². The molecule has 0 aliphatic carbocycles. The van der Waals surface area contributed by atoms with Crippen LogP contribution < -0.4 is 0 Å². The summed E-state index contributed by atoms with van der Waals surface area (Å²) in [5.74, 6) is 0. The summed E-state index contributed by atoms with van der Waals surface area (Å²) in [6.45, 7) is 2.21. The quantitative estimate of drug-likeness (QED) is 0.277. The molecule has 0 aliphatic heterocycles. The second kappa shape index (κ2) is 12.0. The van der Waals surface area contributed by atoms with Gasteiger partial charge >= 0.3 is 0 Å². The fraction of sp³-hybridized carbons (Fsp3) is 0.600. The number of hydrogen-bond donors (Lipinski definition) is 1. The summed E-state index contributed by atoms with van der Waals surface area (Å²) in [6, 6.07) is 2.25. The molecule has 0 spiro atoms. The lowest BCUT2D eigenvalue weighted by atomic mass is 9.96. The van der Waals surface area contributed by atoms with E-state index >= 15 is 0 Å². The van der Waals surface area contributed by atoms with Crippen molar-refractivity contribution in [3.63, 3.8) is 0 Å². The summed E-state index contributed by atoms with van der Waals surface area (Å²) in [4.78, 5) is 22.1. The van der Waals surface area contributed by atoms with Crippen LogP contribution >= 0.6 is 0 Å². The third-order valence-corrected chi connectivity index (χ3v) is 5.46. The van der Waals surface area contributed by atoms with Crippen molar-refractivity contribution in [3.05, 3.63) is 28.8 Å². The molecule has 0 aromatic heterocycles. The molecule has 0 unspecified atom stereocenters. The maximum atomic E-state index is 11.3. The van der Waals surface area contributed by atoms with Crippen LogP contribution in [-0.2, 0) is 16.5 Å². The Labute approximate surface area is 156 Å². The maximum absolute atomic E-state index is 11.3. The largest absolute Gasteiger partial charge is 0.298 e. The number of carbonyl (C=O) groups is 2. The number of carbonyl (C=O) groups excluding carboxylic acids is 2. The molecule has 0 fully saturated rings. The summed E-state index contributed by atoms with van der Waals surface area (Å²) in [6.07, 6.45) is 13.5. The molecule has 0 bridgehead atoms. The molecule has 26 heavy (non-hydrogen) atoms. The molecule has 0 amide bonds. The molecule has 1 N–H and O–H groups in total. The van der Waals surface area contributed by atoms with E-state index in [2.05, 4.69) is 6.92 Å². The molecule has 0 radical (unpaired) electrons. The topological polar surface area (TPSA) is 88.5 Å². The van der Waals surface area contributed by atoms with Gasteiger partial charge in [0.05, 0.1) is 4.90 Å². The Balaban J connectivity index is 2.49. The number of aldehydes is 2. The molecule has 1 rings (SSSR count). The first-order chi connectivity index (χ1) is 12.4. The van der Waals surface area contributed by atoms with E-state index in [4.69, 9.17) is 4.55 Å². The Bertz CT molecular complexity index is 650. The molecule has 0 atom stereocenters. The maximum Gasteiger partial charge on any atom is 0.294 e. The van der Waals surface area contributed by atoms with E-state index in [0.29, 0.717) is 24.6 Å². The Kier molecular flexibility index (Phi) is 10.4. The van der Waals surface area contributed by atoms with E-state index in [0.717, 1.165) is 31.4 Å². The minimum atomic E-state index is -4.45. The molecular weight excluding hydrogens is 352 g/mol. The molecular formula is C20H30O5S. The normalized spacial score (nSPS) is 11.5. The molecule has 0 saturated carbocycles. The van der Waals surface area contributed by atoms with Crippen molar-refractivity contribution >= 4 is 22.7 Å². The number of rotatable bonds is 14. The lowest BCUT2D eigenvalue weighted by molar-refractivity contribution is 0.112. The van der Waals surface area contributed by atoms with Crippen molar-refractivity contribution in [2.24, 2.45) is 0 Å². The van der Waals surface area contributed by atoms with Gasteiger partial charge < -0.3 is 0 Å². The first-order valence-electron chi connectivity index (χ1n) is 9.48.